The van der Waals surface area contributed by atoms with E-state index in [9.17, 15) is 0 Å². The molecule has 0 bridgehead atoms. The minimum absolute atomic E-state index is 0.0416. The number of hydrogen-bond donors (Lipinski definition) is 0. The Hall–Kier alpha value is 0.530. The molecule has 0 N–H and O–H groups in total. The predicted molar refractivity (Wildman–Crippen MR) is 109 cm³/mol. The van der Waals surface area contributed by atoms with Crippen LogP contribution in [0.4, 0.5) is 0 Å². The molecule has 0 radical (unpaired) electrons. The highest BCUT2D eigenvalue weighted by atomic mass is 127. The molecule has 1 rings (SSSR count). The Morgan fingerprint density at radius 2 is 1.24 bits per heavy atom. The van der Waals surface area contributed by atoms with E-state index in [0.29, 0.717) is 13.2 Å². The Balaban J connectivity index is 2.87. The second-order valence-corrected chi connectivity index (χ2v) is 7.38. The van der Waals surface area contributed by atoms with Crippen molar-refractivity contribution in [1.82, 2.24) is 0 Å². The van der Waals surface area contributed by atoms with Crippen LogP contribution in [-0.2, 0) is 23.7 Å². The van der Waals surface area contributed by atoms with Crippen molar-refractivity contribution in [2.75, 3.05) is 31.4 Å². The zero-order chi connectivity index (χ0) is 18.5. The lowest BCUT2D eigenvalue weighted by atomic mass is 9.98. The van der Waals surface area contributed by atoms with Gasteiger partial charge in [0.15, 0.2) is 6.29 Å². The lowest BCUT2D eigenvalue weighted by Crippen LogP contribution is -2.61. The Bertz CT molecular complexity index is 294. The highest BCUT2D eigenvalue weighted by Gasteiger charge is 2.47. The van der Waals surface area contributed by atoms with Gasteiger partial charge in [0.1, 0.15) is 18.3 Å². The van der Waals surface area contributed by atoms with Crippen molar-refractivity contribution in [3.63, 3.8) is 0 Å². The van der Waals surface area contributed by atoms with E-state index in [1.165, 1.54) is 0 Å². The second-order valence-electron chi connectivity index (χ2n) is 6.50. The van der Waals surface area contributed by atoms with E-state index in [0.717, 1.165) is 49.6 Å². The molecule has 25 heavy (non-hydrogen) atoms. The highest BCUT2D eigenvalue weighted by molar-refractivity contribution is 14.1. The van der Waals surface area contributed by atoms with Crippen LogP contribution >= 0.6 is 22.6 Å². The van der Waals surface area contributed by atoms with Crippen LogP contribution in [0.5, 0.6) is 0 Å². The van der Waals surface area contributed by atoms with Gasteiger partial charge in [-0.3, -0.25) is 0 Å². The lowest BCUT2D eigenvalue weighted by molar-refractivity contribution is -0.308. The van der Waals surface area contributed by atoms with E-state index >= 15 is 0 Å². The zero-order valence-electron chi connectivity index (χ0n) is 16.4. The first kappa shape index (κ1) is 23.6. The smallest absolute Gasteiger partial charge is 0.186 e. The fourth-order valence-corrected chi connectivity index (χ4v) is 3.56. The predicted octanol–water partition coefficient (Wildman–Crippen LogP) is 4.35. The van der Waals surface area contributed by atoms with Gasteiger partial charge in [0.2, 0.25) is 0 Å². The van der Waals surface area contributed by atoms with E-state index < -0.39 is 6.29 Å². The van der Waals surface area contributed by atoms with Crippen LogP contribution in [0.25, 0.3) is 0 Å². The molecule has 1 saturated heterocycles. The zero-order valence-corrected chi connectivity index (χ0v) is 18.5. The van der Waals surface area contributed by atoms with Gasteiger partial charge in [0.05, 0.1) is 6.10 Å². The molecule has 0 saturated carbocycles. The number of hydrogen-bond acceptors (Lipinski definition) is 5. The number of unbranched alkanes of at least 4 members (excludes halogenated alkanes) is 3. The van der Waals surface area contributed by atoms with Gasteiger partial charge < -0.3 is 23.7 Å². The minimum atomic E-state index is -0.408. The van der Waals surface area contributed by atoms with E-state index in [2.05, 4.69) is 43.4 Å². The van der Waals surface area contributed by atoms with Crippen molar-refractivity contribution >= 4 is 22.6 Å². The topological polar surface area (TPSA) is 46.2 Å². The Labute approximate surface area is 167 Å². The molecule has 0 aliphatic carbocycles. The molecule has 150 valence electrons. The van der Waals surface area contributed by atoms with Crippen molar-refractivity contribution in [1.29, 1.82) is 0 Å². The summed E-state index contributed by atoms with van der Waals surface area (Å²) in [5.41, 5.74) is 0. The molecule has 5 nitrogen and oxygen atoms in total. The van der Waals surface area contributed by atoms with Crippen LogP contribution in [0.3, 0.4) is 0 Å². The van der Waals surface area contributed by atoms with E-state index in [1.54, 1.807) is 7.11 Å². The summed E-state index contributed by atoms with van der Waals surface area (Å²) in [5, 5.41) is 0. The van der Waals surface area contributed by atoms with Gasteiger partial charge in [-0.1, -0.05) is 62.6 Å². The van der Waals surface area contributed by atoms with Crippen molar-refractivity contribution in [3.05, 3.63) is 0 Å². The molecule has 0 spiro atoms. The van der Waals surface area contributed by atoms with Crippen LogP contribution in [0, 0.1) is 0 Å². The second kappa shape index (κ2) is 14.6. The monoisotopic (exact) mass is 472 g/mol. The first-order valence-electron chi connectivity index (χ1n) is 9.82. The summed E-state index contributed by atoms with van der Waals surface area (Å²) in [5.74, 6) is 0. The van der Waals surface area contributed by atoms with Gasteiger partial charge in [-0.15, -0.1) is 0 Å². The summed E-state index contributed by atoms with van der Waals surface area (Å²) in [6.07, 6.45) is 5.45. The van der Waals surface area contributed by atoms with Crippen molar-refractivity contribution < 1.29 is 23.7 Å². The Morgan fingerprint density at radius 1 is 0.760 bits per heavy atom. The normalized spacial score (nSPS) is 29.9. The molecule has 1 fully saturated rings. The molecular weight excluding hydrogens is 435 g/mol. The van der Waals surface area contributed by atoms with Gasteiger partial charge in [0, 0.05) is 31.4 Å². The minimum Gasteiger partial charge on any atom is -0.373 e. The Morgan fingerprint density at radius 3 is 1.68 bits per heavy atom. The van der Waals surface area contributed by atoms with Crippen molar-refractivity contribution in [2.24, 2.45) is 0 Å². The van der Waals surface area contributed by atoms with Crippen LogP contribution in [0.1, 0.15) is 59.3 Å². The fourth-order valence-electron chi connectivity index (χ4n) is 2.85. The summed E-state index contributed by atoms with van der Waals surface area (Å²) in [6.45, 7) is 8.63. The number of ether oxygens (including phenoxy) is 5. The molecule has 6 heteroatoms. The van der Waals surface area contributed by atoms with Crippen molar-refractivity contribution in [3.8, 4) is 0 Å². The van der Waals surface area contributed by atoms with Gasteiger partial charge in [0.25, 0.3) is 0 Å². The first-order chi connectivity index (χ1) is 12.2. The summed E-state index contributed by atoms with van der Waals surface area (Å²) >= 11 is 2.35. The number of rotatable bonds is 14. The maximum absolute atomic E-state index is 6.26. The molecule has 0 amide bonds. The molecule has 1 aliphatic rings. The molecule has 0 aromatic rings. The SMILES string of the molecule is CCCCOC1C(CI)OC(OC)C(OCCCC)C1OCCCC. The quantitative estimate of drug-likeness (QED) is 0.214. The van der Waals surface area contributed by atoms with E-state index in [-0.39, 0.29) is 24.4 Å². The number of alkyl halides is 1. The average Bonchev–Trinajstić information content (AvgIpc) is 2.63. The molecule has 0 aromatic heterocycles. The molecule has 5 atom stereocenters. The molecule has 1 heterocycles. The first-order valence-corrected chi connectivity index (χ1v) is 11.3. The van der Waals surface area contributed by atoms with E-state index in [1.807, 2.05) is 0 Å². The number of halogens is 1. The third-order valence-electron chi connectivity index (χ3n) is 4.40. The van der Waals surface area contributed by atoms with Gasteiger partial charge in [-0.25, -0.2) is 0 Å². The fraction of sp³-hybridized carbons (Fsp3) is 1.00. The summed E-state index contributed by atoms with van der Waals surface area (Å²) < 4.78 is 31.2. The summed E-state index contributed by atoms with van der Waals surface area (Å²) in [4.78, 5) is 0. The third-order valence-corrected chi connectivity index (χ3v) is 5.27. The third kappa shape index (κ3) is 7.97. The maximum Gasteiger partial charge on any atom is 0.186 e. The molecule has 5 unspecified atom stereocenters. The Kier molecular flexibility index (Phi) is 13.7. The standard InChI is InChI=1S/C19H37IO5/c1-5-8-11-22-16-15(14-20)25-19(21-4)18(24-13-10-7-3)17(16)23-12-9-6-2/h15-19H,5-14H2,1-4H3. The molecule has 0 aromatic carbocycles. The van der Waals surface area contributed by atoms with Gasteiger partial charge in [-0.2, -0.15) is 0 Å². The largest absolute Gasteiger partial charge is 0.373 e. The van der Waals surface area contributed by atoms with Crippen LogP contribution < -0.4 is 0 Å². The van der Waals surface area contributed by atoms with Gasteiger partial charge in [-0.05, 0) is 19.3 Å². The van der Waals surface area contributed by atoms with Crippen LogP contribution in [0.15, 0.2) is 0 Å². The number of methoxy groups -OCH3 is 1. The van der Waals surface area contributed by atoms with Gasteiger partial charge >= 0.3 is 0 Å². The van der Waals surface area contributed by atoms with E-state index in [4.69, 9.17) is 23.7 Å². The molecule has 1 aliphatic heterocycles. The lowest BCUT2D eigenvalue weighted by Gasteiger charge is -2.45. The summed E-state index contributed by atoms with van der Waals surface area (Å²) in [7, 11) is 1.67. The summed E-state index contributed by atoms with van der Waals surface area (Å²) in [6, 6.07) is 0. The highest BCUT2D eigenvalue weighted by Crippen LogP contribution is 2.30. The van der Waals surface area contributed by atoms with Crippen LogP contribution in [-0.4, -0.2) is 62.1 Å². The van der Waals surface area contributed by atoms with Crippen molar-refractivity contribution in [2.45, 2.75) is 90.0 Å². The van der Waals surface area contributed by atoms with Crippen LogP contribution in [0.2, 0.25) is 0 Å². The average molecular weight is 472 g/mol. The maximum atomic E-state index is 6.26. The molecular formula is C19H37IO5.